The first-order chi connectivity index (χ1) is 14.1. The molecule has 30 heavy (non-hydrogen) atoms. The van der Waals surface area contributed by atoms with E-state index in [2.05, 4.69) is 24.5 Å². The van der Waals surface area contributed by atoms with Crippen LogP contribution in [0.5, 0.6) is 11.5 Å². The van der Waals surface area contributed by atoms with Crippen molar-refractivity contribution in [2.24, 2.45) is 0 Å². The minimum absolute atomic E-state index is 0.247. The van der Waals surface area contributed by atoms with E-state index >= 15 is 0 Å². The summed E-state index contributed by atoms with van der Waals surface area (Å²) in [7, 11) is 0. The number of thiocarbonyl (C=S) groups is 1. The number of fused-ring (bicyclic) bond motifs is 2. The van der Waals surface area contributed by atoms with Crippen molar-refractivity contribution in [3.05, 3.63) is 57.6 Å². The highest BCUT2D eigenvalue weighted by Gasteiger charge is 2.49. The van der Waals surface area contributed by atoms with Crippen LogP contribution in [0.3, 0.4) is 0 Å². The number of carbonyl (C=O) groups is 1. The molecule has 0 saturated carbocycles. The van der Waals surface area contributed by atoms with Crippen LogP contribution in [0.25, 0.3) is 0 Å². The molecule has 1 spiro atoms. The number of hydrogen-bond acceptors (Lipinski definition) is 4. The van der Waals surface area contributed by atoms with Crippen LogP contribution in [-0.2, 0) is 10.3 Å². The minimum Gasteiger partial charge on any atom is -0.485 e. The van der Waals surface area contributed by atoms with Crippen LogP contribution in [0.2, 0.25) is 10.0 Å². The number of esters is 1. The maximum atomic E-state index is 11.5. The van der Waals surface area contributed by atoms with E-state index in [1.807, 2.05) is 24.3 Å². The zero-order chi connectivity index (χ0) is 21.7. The van der Waals surface area contributed by atoms with Gasteiger partial charge >= 0.3 is 5.97 Å². The molecule has 1 fully saturated rings. The Kier molecular flexibility index (Phi) is 5.37. The SMILES string of the molecule is CC(=O)Oc1cc2c(cc1Cl)[C@@]1(C[C@@H](c3ccccc3Cl)O2)CC(C)(C)NC(=S)N1. The molecule has 2 aromatic carbocycles. The van der Waals surface area contributed by atoms with Crippen molar-refractivity contribution in [2.45, 2.75) is 50.8 Å². The molecule has 2 aromatic rings. The first-order valence-electron chi connectivity index (χ1n) is 9.62. The average molecular weight is 465 g/mol. The third kappa shape index (κ3) is 3.96. The lowest BCUT2D eigenvalue weighted by molar-refractivity contribution is -0.131. The quantitative estimate of drug-likeness (QED) is 0.357. The van der Waals surface area contributed by atoms with Crippen LogP contribution in [-0.4, -0.2) is 16.6 Å². The molecule has 2 N–H and O–H groups in total. The van der Waals surface area contributed by atoms with E-state index in [0.29, 0.717) is 27.3 Å². The molecule has 0 amide bonds. The van der Waals surface area contributed by atoms with Crippen molar-refractivity contribution in [1.82, 2.24) is 10.6 Å². The Morgan fingerprint density at radius 2 is 1.93 bits per heavy atom. The van der Waals surface area contributed by atoms with E-state index < -0.39 is 11.5 Å². The standard InChI is InChI=1S/C22H22Cl2N2O3S/c1-12(27)28-18-9-17-14(8-16(18)24)22(11-21(2,3)25-20(30)26-22)10-19(29-17)13-6-4-5-7-15(13)23/h4-9,19H,10-11H2,1-3H3,(H2,25,26,30)/t19-,22+/m0/s1. The van der Waals surface area contributed by atoms with Gasteiger partial charge in [0.05, 0.1) is 10.6 Å². The topological polar surface area (TPSA) is 59.6 Å². The molecule has 5 nitrogen and oxygen atoms in total. The minimum atomic E-state index is -0.526. The van der Waals surface area contributed by atoms with E-state index in [1.165, 1.54) is 6.92 Å². The van der Waals surface area contributed by atoms with Gasteiger partial charge in [-0.15, -0.1) is 0 Å². The average Bonchev–Trinajstić information content (AvgIpc) is 2.61. The highest BCUT2D eigenvalue weighted by atomic mass is 35.5. The van der Waals surface area contributed by atoms with Gasteiger partial charge in [0.2, 0.25) is 0 Å². The summed E-state index contributed by atoms with van der Waals surface area (Å²) in [5, 5.41) is 8.35. The van der Waals surface area contributed by atoms with Crippen molar-refractivity contribution in [3.63, 3.8) is 0 Å². The molecule has 158 valence electrons. The van der Waals surface area contributed by atoms with Crippen molar-refractivity contribution in [2.75, 3.05) is 0 Å². The number of rotatable bonds is 2. The van der Waals surface area contributed by atoms with Gasteiger partial charge in [0, 0.05) is 41.1 Å². The molecular formula is C22H22Cl2N2O3S. The summed E-state index contributed by atoms with van der Waals surface area (Å²) in [5.74, 6) is 0.390. The summed E-state index contributed by atoms with van der Waals surface area (Å²) in [6.45, 7) is 5.55. The Labute approximate surface area is 191 Å². The van der Waals surface area contributed by atoms with Crippen molar-refractivity contribution in [1.29, 1.82) is 0 Å². The Morgan fingerprint density at radius 1 is 1.20 bits per heavy atom. The van der Waals surface area contributed by atoms with E-state index in [1.54, 1.807) is 12.1 Å². The smallest absolute Gasteiger partial charge is 0.308 e. The largest absolute Gasteiger partial charge is 0.485 e. The predicted molar refractivity (Wildman–Crippen MR) is 121 cm³/mol. The summed E-state index contributed by atoms with van der Waals surface area (Å²) in [6, 6.07) is 11.1. The molecule has 2 atom stereocenters. The number of halogens is 2. The van der Waals surface area contributed by atoms with Crippen LogP contribution < -0.4 is 20.1 Å². The van der Waals surface area contributed by atoms with Crippen LogP contribution in [0.4, 0.5) is 0 Å². The molecule has 0 radical (unpaired) electrons. The summed E-state index contributed by atoms with van der Waals surface area (Å²) < 4.78 is 11.6. The highest BCUT2D eigenvalue weighted by molar-refractivity contribution is 7.80. The van der Waals surface area contributed by atoms with Crippen LogP contribution in [0.15, 0.2) is 36.4 Å². The number of nitrogens with one attached hydrogen (secondary N) is 2. The van der Waals surface area contributed by atoms with Gasteiger partial charge in [-0.05, 0) is 44.6 Å². The molecule has 1 saturated heterocycles. The van der Waals surface area contributed by atoms with Gasteiger partial charge in [-0.2, -0.15) is 0 Å². The molecule has 0 bridgehead atoms. The zero-order valence-electron chi connectivity index (χ0n) is 16.8. The van der Waals surface area contributed by atoms with Gasteiger partial charge in [0.15, 0.2) is 10.9 Å². The van der Waals surface area contributed by atoms with Gasteiger partial charge in [-0.25, -0.2) is 0 Å². The van der Waals surface area contributed by atoms with Crippen molar-refractivity contribution < 1.29 is 14.3 Å². The summed E-state index contributed by atoms with van der Waals surface area (Å²) in [5.41, 5.74) is 0.992. The molecule has 0 aromatic heterocycles. The maximum Gasteiger partial charge on any atom is 0.308 e. The Bertz CT molecular complexity index is 1040. The molecule has 8 heteroatoms. The maximum absolute atomic E-state index is 11.5. The van der Waals surface area contributed by atoms with Crippen LogP contribution >= 0.6 is 35.4 Å². The third-order valence-corrected chi connectivity index (χ3v) is 6.25. The monoisotopic (exact) mass is 464 g/mol. The molecule has 0 unspecified atom stereocenters. The highest BCUT2D eigenvalue weighted by Crippen LogP contribution is 2.52. The molecule has 4 rings (SSSR count). The second-order valence-electron chi connectivity index (χ2n) is 8.43. The van der Waals surface area contributed by atoms with E-state index in [-0.39, 0.29) is 17.4 Å². The molecule has 2 heterocycles. The molecule has 2 aliphatic rings. The molecule has 0 aliphatic carbocycles. The fraction of sp³-hybridized carbons (Fsp3) is 0.364. The van der Waals surface area contributed by atoms with Crippen LogP contribution in [0.1, 0.15) is 50.8 Å². The van der Waals surface area contributed by atoms with E-state index in [0.717, 1.165) is 17.5 Å². The van der Waals surface area contributed by atoms with Crippen molar-refractivity contribution >= 4 is 46.5 Å². The Balaban J connectivity index is 1.88. The van der Waals surface area contributed by atoms with Crippen LogP contribution in [0, 0.1) is 0 Å². The number of hydrogen-bond donors (Lipinski definition) is 2. The van der Waals surface area contributed by atoms with Crippen molar-refractivity contribution in [3.8, 4) is 11.5 Å². The third-order valence-electron chi connectivity index (χ3n) is 5.41. The fourth-order valence-corrected chi connectivity index (χ4v) is 5.39. The Hall–Kier alpha value is -2.02. The normalized spacial score (nSPS) is 24.3. The molecular weight excluding hydrogens is 443 g/mol. The summed E-state index contributed by atoms with van der Waals surface area (Å²) >= 11 is 18.5. The van der Waals surface area contributed by atoms with E-state index in [4.69, 9.17) is 44.9 Å². The van der Waals surface area contributed by atoms with Gasteiger partial charge in [0.25, 0.3) is 0 Å². The zero-order valence-corrected chi connectivity index (χ0v) is 19.2. The summed E-state index contributed by atoms with van der Waals surface area (Å²) in [6.07, 6.45) is 1.03. The first kappa shape index (κ1) is 21.2. The van der Waals surface area contributed by atoms with E-state index in [9.17, 15) is 4.79 Å². The van der Waals surface area contributed by atoms with Gasteiger partial charge < -0.3 is 20.1 Å². The molecule has 2 aliphatic heterocycles. The van der Waals surface area contributed by atoms with Gasteiger partial charge in [-0.3, -0.25) is 4.79 Å². The lowest BCUT2D eigenvalue weighted by Crippen LogP contribution is -2.65. The second kappa shape index (κ2) is 7.59. The first-order valence-corrected chi connectivity index (χ1v) is 10.8. The second-order valence-corrected chi connectivity index (χ2v) is 9.65. The lowest BCUT2D eigenvalue weighted by atomic mass is 9.72. The number of benzene rings is 2. The predicted octanol–water partition coefficient (Wildman–Crippen LogP) is 5.28. The van der Waals surface area contributed by atoms with Gasteiger partial charge in [0.1, 0.15) is 11.9 Å². The fourth-order valence-electron chi connectivity index (χ4n) is 4.45. The number of ether oxygens (including phenoxy) is 2. The lowest BCUT2D eigenvalue weighted by Gasteiger charge is -2.51. The van der Waals surface area contributed by atoms with Gasteiger partial charge in [-0.1, -0.05) is 41.4 Å². The summed E-state index contributed by atoms with van der Waals surface area (Å²) in [4.78, 5) is 11.5. The Morgan fingerprint density at radius 3 is 2.60 bits per heavy atom. The number of carbonyl (C=O) groups excluding carboxylic acids is 1.